The first-order valence-electron chi connectivity index (χ1n) is 10.1. The van der Waals surface area contributed by atoms with Crippen molar-refractivity contribution < 1.29 is 5.11 Å². The van der Waals surface area contributed by atoms with E-state index in [1.807, 2.05) is 55.1 Å². The van der Waals surface area contributed by atoms with E-state index in [2.05, 4.69) is 28.8 Å². The molecule has 3 N–H and O–H groups in total. The molecule has 2 aromatic heterocycles. The van der Waals surface area contributed by atoms with Crippen molar-refractivity contribution in [2.45, 2.75) is 32.6 Å². The summed E-state index contributed by atoms with van der Waals surface area (Å²) in [7, 11) is 0. The Morgan fingerprint density at radius 2 is 2.11 bits per heavy atom. The van der Waals surface area contributed by atoms with Gasteiger partial charge in [0.2, 0.25) is 0 Å². The Morgan fingerprint density at radius 3 is 2.86 bits per heavy atom. The molecule has 1 atom stereocenters. The van der Waals surface area contributed by atoms with Crippen LogP contribution in [-0.4, -0.2) is 27.7 Å². The van der Waals surface area contributed by atoms with Crippen LogP contribution in [0.3, 0.4) is 0 Å². The zero-order valence-corrected chi connectivity index (χ0v) is 16.5. The Hall–Kier alpha value is -2.95. The SMILES string of the molecule is CC=CNCC(c1cc(NCC)c(O)c(-n2ccc3ccccc32)n1)C1CC1. The van der Waals surface area contributed by atoms with Crippen molar-refractivity contribution in [2.24, 2.45) is 5.92 Å². The van der Waals surface area contributed by atoms with Crippen LogP contribution < -0.4 is 10.6 Å². The Bertz CT molecular complexity index is 987. The monoisotopic (exact) mass is 376 g/mol. The van der Waals surface area contributed by atoms with Crippen LogP contribution in [0, 0.1) is 5.92 Å². The fourth-order valence-corrected chi connectivity index (χ4v) is 3.82. The number of benzene rings is 1. The molecule has 0 saturated heterocycles. The van der Waals surface area contributed by atoms with Crippen LogP contribution in [0.15, 0.2) is 54.9 Å². The quantitative estimate of drug-likeness (QED) is 0.529. The molecule has 1 saturated carbocycles. The molecule has 5 nitrogen and oxygen atoms in total. The second-order valence-corrected chi connectivity index (χ2v) is 7.39. The van der Waals surface area contributed by atoms with E-state index in [9.17, 15) is 5.11 Å². The predicted octanol–water partition coefficient (Wildman–Crippen LogP) is 4.78. The second kappa shape index (κ2) is 7.97. The lowest BCUT2D eigenvalue weighted by Gasteiger charge is -2.20. The molecule has 4 rings (SSSR count). The third kappa shape index (κ3) is 3.57. The summed E-state index contributed by atoms with van der Waals surface area (Å²) in [5.74, 6) is 1.77. The maximum atomic E-state index is 11.0. The average molecular weight is 377 g/mol. The van der Waals surface area contributed by atoms with Crippen molar-refractivity contribution in [3.63, 3.8) is 0 Å². The van der Waals surface area contributed by atoms with Crippen molar-refractivity contribution in [3.8, 4) is 11.6 Å². The largest absolute Gasteiger partial charge is 0.503 e. The lowest BCUT2D eigenvalue weighted by Crippen LogP contribution is -2.20. The van der Waals surface area contributed by atoms with Gasteiger partial charge in [-0.05, 0) is 62.4 Å². The Balaban J connectivity index is 1.81. The number of anilines is 1. The minimum absolute atomic E-state index is 0.197. The number of allylic oxidation sites excluding steroid dienone is 1. The number of aromatic hydroxyl groups is 1. The molecule has 0 bridgehead atoms. The Labute approximate surface area is 166 Å². The van der Waals surface area contributed by atoms with E-state index >= 15 is 0 Å². The first kappa shape index (κ1) is 18.4. The predicted molar refractivity (Wildman–Crippen MR) is 115 cm³/mol. The minimum Gasteiger partial charge on any atom is -0.503 e. The van der Waals surface area contributed by atoms with E-state index in [1.54, 1.807) is 0 Å². The molecule has 0 spiro atoms. The number of aromatic nitrogens is 2. The van der Waals surface area contributed by atoms with Gasteiger partial charge in [0.15, 0.2) is 11.6 Å². The van der Waals surface area contributed by atoms with Gasteiger partial charge in [0.25, 0.3) is 0 Å². The first-order chi connectivity index (χ1) is 13.7. The van der Waals surface area contributed by atoms with Gasteiger partial charge in [-0.3, -0.25) is 4.57 Å². The van der Waals surface area contributed by atoms with Crippen LogP contribution in [-0.2, 0) is 0 Å². The van der Waals surface area contributed by atoms with E-state index in [0.29, 0.717) is 17.7 Å². The molecule has 0 amide bonds. The molecule has 1 fully saturated rings. The molecule has 146 valence electrons. The molecular weight excluding hydrogens is 348 g/mol. The van der Waals surface area contributed by atoms with E-state index in [1.165, 1.54) is 12.8 Å². The molecule has 1 unspecified atom stereocenters. The highest BCUT2D eigenvalue weighted by Crippen LogP contribution is 2.44. The van der Waals surface area contributed by atoms with E-state index in [4.69, 9.17) is 4.98 Å². The van der Waals surface area contributed by atoms with Crippen LogP contribution in [0.5, 0.6) is 5.75 Å². The molecule has 1 aliphatic rings. The summed E-state index contributed by atoms with van der Waals surface area (Å²) in [5, 5.41) is 18.8. The van der Waals surface area contributed by atoms with Crippen molar-refractivity contribution in [1.82, 2.24) is 14.9 Å². The van der Waals surface area contributed by atoms with Crippen molar-refractivity contribution in [1.29, 1.82) is 0 Å². The number of hydrogen-bond donors (Lipinski definition) is 3. The van der Waals surface area contributed by atoms with Gasteiger partial charge >= 0.3 is 0 Å². The fourth-order valence-electron chi connectivity index (χ4n) is 3.82. The molecule has 3 aromatic rings. The lowest BCUT2D eigenvalue weighted by molar-refractivity contribution is 0.469. The number of nitrogens with zero attached hydrogens (tertiary/aromatic N) is 2. The number of pyridine rings is 1. The van der Waals surface area contributed by atoms with Gasteiger partial charge < -0.3 is 15.7 Å². The summed E-state index contributed by atoms with van der Waals surface area (Å²) in [4.78, 5) is 4.96. The van der Waals surface area contributed by atoms with Gasteiger partial charge in [-0.25, -0.2) is 4.98 Å². The molecule has 1 aromatic carbocycles. The molecule has 0 radical (unpaired) electrons. The Kier molecular flexibility index (Phi) is 5.24. The van der Waals surface area contributed by atoms with Crippen LogP contribution >= 0.6 is 0 Å². The fraction of sp³-hybridized carbons (Fsp3) is 0.348. The van der Waals surface area contributed by atoms with Crippen molar-refractivity contribution >= 4 is 16.6 Å². The standard InChI is InChI=1S/C23H28N4O/c1-3-12-24-15-18(16-9-10-16)19-14-20(25-4-2)22(28)23(26-19)27-13-11-17-7-5-6-8-21(17)27/h3,5-8,11-14,16,18,24,28H,4,9-10,15H2,1-2H3,(H,25,26). The zero-order chi connectivity index (χ0) is 19.5. The summed E-state index contributed by atoms with van der Waals surface area (Å²) >= 11 is 0. The Morgan fingerprint density at radius 1 is 1.29 bits per heavy atom. The molecule has 2 heterocycles. The van der Waals surface area contributed by atoms with Gasteiger partial charge in [0.05, 0.1) is 16.9 Å². The normalized spacial score (nSPS) is 15.2. The highest BCUT2D eigenvalue weighted by Gasteiger charge is 2.34. The molecule has 0 aliphatic heterocycles. The van der Waals surface area contributed by atoms with Gasteiger partial charge in [-0.15, -0.1) is 0 Å². The van der Waals surface area contributed by atoms with Crippen LogP contribution in [0.2, 0.25) is 0 Å². The summed E-state index contributed by atoms with van der Waals surface area (Å²) in [6.07, 6.45) is 8.46. The summed E-state index contributed by atoms with van der Waals surface area (Å²) in [5.41, 5.74) is 2.82. The first-order valence-corrected chi connectivity index (χ1v) is 10.1. The smallest absolute Gasteiger partial charge is 0.182 e. The molecule has 28 heavy (non-hydrogen) atoms. The number of fused-ring (bicyclic) bond motifs is 1. The average Bonchev–Trinajstić information content (AvgIpc) is 3.46. The summed E-state index contributed by atoms with van der Waals surface area (Å²) in [6.45, 7) is 5.64. The highest BCUT2D eigenvalue weighted by molar-refractivity contribution is 5.82. The van der Waals surface area contributed by atoms with Crippen LogP contribution in [0.1, 0.15) is 38.3 Å². The number of hydrogen-bond acceptors (Lipinski definition) is 4. The third-order valence-corrected chi connectivity index (χ3v) is 5.38. The van der Waals surface area contributed by atoms with Crippen LogP contribution in [0.25, 0.3) is 16.7 Å². The second-order valence-electron chi connectivity index (χ2n) is 7.39. The molecular formula is C23H28N4O. The summed E-state index contributed by atoms with van der Waals surface area (Å²) < 4.78 is 1.98. The number of rotatable bonds is 8. The molecule has 1 aliphatic carbocycles. The topological polar surface area (TPSA) is 62.1 Å². The van der Waals surface area contributed by atoms with Crippen molar-refractivity contribution in [2.75, 3.05) is 18.4 Å². The van der Waals surface area contributed by atoms with E-state index in [-0.39, 0.29) is 5.75 Å². The maximum Gasteiger partial charge on any atom is 0.182 e. The van der Waals surface area contributed by atoms with E-state index < -0.39 is 0 Å². The molecule has 5 heteroatoms. The maximum absolute atomic E-state index is 11.0. The number of para-hydroxylation sites is 1. The van der Waals surface area contributed by atoms with Crippen LogP contribution in [0.4, 0.5) is 5.69 Å². The summed E-state index contributed by atoms with van der Waals surface area (Å²) in [6, 6.07) is 12.2. The number of nitrogens with one attached hydrogen (secondary N) is 2. The lowest BCUT2D eigenvalue weighted by atomic mass is 9.98. The van der Waals surface area contributed by atoms with E-state index in [0.717, 1.165) is 35.4 Å². The van der Waals surface area contributed by atoms with Gasteiger partial charge in [-0.1, -0.05) is 24.3 Å². The highest BCUT2D eigenvalue weighted by atomic mass is 16.3. The van der Waals surface area contributed by atoms with Gasteiger partial charge in [-0.2, -0.15) is 0 Å². The zero-order valence-electron chi connectivity index (χ0n) is 16.5. The third-order valence-electron chi connectivity index (χ3n) is 5.38. The van der Waals surface area contributed by atoms with Gasteiger partial charge in [0.1, 0.15) is 0 Å². The van der Waals surface area contributed by atoms with Crippen molar-refractivity contribution in [3.05, 3.63) is 60.6 Å². The minimum atomic E-state index is 0.197. The van der Waals surface area contributed by atoms with Gasteiger partial charge in [0, 0.05) is 25.2 Å².